The van der Waals surface area contributed by atoms with Gasteiger partial charge in [-0.15, -0.1) is 12.4 Å². The summed E-state index contributed by atoms with van der Waals surface area (Å²) in [6.07, 6.45) is 7.56. The van der Waals surface area contributed by atoms with Gasteiger partial charge in [-0.05, 0) is 47.4 Å². The first kappa shape index (κ1) is 19.6. The minimum absolute atomic E-state index is 0. The lowest BCUT2D eigenvalue weighted by molar-refractivity contribution is 0.304. The number of rotatable bonds is 6. The first-order valence-corrected chi connectivity index (χ1v) is 8.97. The predicted octanol–water partition coefficient (Wildman–Crippen LogP) is 5.30. The topological polar surface area (TPSA) is 39.9 Å². The molecule has 2 aromatic heterocycles. The molecule has 0 atom stereocenters. The number of halogens is 1. The average molecular weight is 392 g/mol. The molecule has 2 aromatic carbocycles. The van der Waals surface area contributed by atoms with Crippen LogP contribution in [0.15, 0.2) is 85.5 Å². The molecule has 0 fully saturated rings. The van der Waals surface area contributed by atoms with E-state index >= 15 is 0 Å². The van der Waals surface area contributed by atoms with E-state index in [0.29, 0.717) is 6.61 Å². The predicted molar refractivity (Wildman–Crippen MR) is 114 cm³/mol. The van der Waals surface area contributed by atoms with Crippen LogP contribution in [0, 0.1) is 6.92 Å². The van der Waals surface area contributed by atoms with Crippen LogP contribution >= 0.6 is 12.4 Å². The summed E-state index contributed by atoms with van der Waals surface area (Å²) in [5.74, 6) is 0.901. The summed E-state index contributed by atoms with van der Waals surface area (Å²) in [5.41, 5.74) is 5.64. The van der Waals surface area contributed by atoms with E-state index in [1.165, 1.54) is 5.56 Å². The number of aromatic nitrogens is 3. The third-order valence-corrected chi connectivity index (χ3v) is 4.49. The lowest BCUT2D eigenvalue weighted by atomic mass is 10.1. The fraction of sp³-hybridized carbons (Fsp3) is 0.130. The molecule has 0 bridgehead atoms. The van der Waals surface area contributed by atoms with Gasteiger partial charge in [0.15, 0.2) is 0 Å². The molecule has 142 valence electrons. The van der Waals surface area contributed by atoms with E-state index in [-0.39, 0.29) is 12.4 Å². The van der Waals surface area contributed by atoms with E-state index in [2.05, 4.69) is 53.5 Å². The lowest BCUT2D eigenvalue weighted by Crippen LogP contribution is -1.99. The Kier molecular flexibility index (Phi) is 6.45. The number of ether oxygens (including phenoxy) is 1. The Morgan fingerprint density at radius 3 is 2.46 bits per heavy atom. The van der Waals surface area contributed by atoms with Crippen molar-refractivity contribution in [3.05, 3.63) is 102 Å². The Balaban J connectivity index is 0.00000225. The third-order valence-electron chi connectivity index (χ3n) is 4.49. The smallest absolute Gasteiger partial charge is 0.123 e. The minimum atomic E-state index is 0. The van der Waals surface area contributed by atoms with Crippen LogP contribution in [0.2, 0.25) is 0 Å². The van der Waals surface area contributed by atoms with Crippen LogP contribution < -0.4 is 4.74 Å². The van der Waals surface area contributed by atoms with Crippen LogP contribution in [0.5, 0.6) is 5.75 Å². The second-order valence-corrected chi connectivity index (χ2v) is 6.54. The summed E-state index contributed by atoms with van der Waals surface area (Å²) in [5, 5.41) is 4.49. The van der Waals surface area contributed by atoms with Crippen molar-refractivity contribution in [2.75, 3.05) is 0 Å². The van der Waals surface area contributed by atoms with Crippen LogP contribution in [-0.4, -0.2) is 14.8 Å². The molecule has 28 heavy (non-hydrogen) atoms. The van der Waals surface area contributed by atoms with Gasteiger partial charge in [-0.25, -0.2) is 0 Å². The Morgan fingerprint density at radius 1 is 0.893 bits per heavy atom. The molecule has 0 aliphatic heterocycles. The second-order valence-electron chi connectivity index (χ2n) is 6.54. The maximum atomic E-state index is 6.05. The Labute approximate surface area is 171 Å². The van der Waals surface area contributed by atoms with Crippen molar-refractivity contribution >= 4 is 12.4 Å². The van der Waals surface area contributed by atoms with E-state index in [0.717, 1.165) is 34.5 Å². The molecular weight excluding hydrogens is 370 g/mol. The molecule has 0 saturated heterocycles. The Morgan fingerprint density at radius 2 is 1.68 bits per heavy atom. The Bertz CT molecular complexity index is 1020. The van der Waals surface area contributed by atoms with Crippen LogP contribution in [0.25, 0.3) is 11.1 Å². The summed E-state index contributed by atoms with van der Waals surface area (Å²) in [4.78, 5) is 4.05. The lowest BCUT2D eigenvalue weighted by Gasteiger charge is -2.11. The van der Waals surface area contributed by atoms with Gasteiger partial charge in [-0.3, -0.25) is 9.67 Å². The number of hydrogen-bond donors (Lipinski definition) is 0. The van der Waals surface area contributed by atoms with Crippen molar-refractivity contribution in [1.82, 2.24) is 14.8 Å². The molecule has 0 radical (unpaired) electrons. The summed E-state index contributed by atoms with van der Waals surface area (Å²) in [7, 11) is 0. The number of aryl methyl sites for hydroxylation is 1. The molecular formula is C23H22ClN3O. The SMILES string of the molecule is Cc1ccc(-c2cnn(Cc3ccncc3)c2)cc1OCc1ccccc1.Cl. The molecule has 0 N–H and O–H groups in total. The molecule has 0 saturated carbocycles. The van der Waals surface area contributed by atoms with E-state index in [1.54, 1.807) is 12.4 Å². The van der Waals surface area contributed by atoms with Gasteiger partial charge in [0.1, 0.15) is 12.4 Å². The number of pyridine rings is 1. The zero-order chi connectivity index (χ0) is 18.5. The molecule has 0 amide bonds. The van der Waals surface area contributed by atoms with Gasteiger partial charge in [0.05, 0.1) is 12.7 Å². The fourth-order valence-corrected chi connectivity index (χ4v) is 2.94. The highest BCUT2D eigenvalue weighted by molar-refractivity contribution is 5.85. The van der Waals surface area contributed by atoms with Gasteiger partial charge in [-0.1, -0.05) is 42.5 Å². The number of hydrogen-bond acceptors (Lipinski definition) is 3. The Hall–Kier alpha value is -3.11. The molecule has 5 heteroatoms. The van der Waals surface area contributed by atoms with Gasteiger partial charge in [-0.2, -0.15) is 5.10 Å². The molecule has 0 unspecified atom stereocenters. The summed E-state index contributed by atoms with van der Waals surface area (Å²) in [6.45, 7) is 3.36. The summed E-state index contributed by atoms with van der Waals surface area (Å²) >= 11 is 0. The summed E-state index contributed by atoms with van der Waals surface area (Å²) in [6, 6.07) is 20.5. The highest BCUT2D eigenvalue weighted by atomic mass is 35.5. The molecule has 0 aliphatic rings. The van der Waals surface area contributed by atoms with Crippen molar-refractivity contribution < 1.29 is 4.74 Å². The van der Waals surface area contributed by atoms with E-state index < -0.39 is 0 Å². The van der Waals surface area contributed by atoms with Crippen molar-refractivity contribution in [3.8, 4) is 16.9 Å². The molecule has 4 rings (SSSR count). The second kappa shape index (κ2) is 9.20. The van der Waals surface area contributed by atoms with Gasteiger partial charge in [0, 0.05) is 24.2 Å². The highest BCUT2D eigenvalue weighted by Gasteiger charge is 2.07. The van der Waals surface area contributed by atoms with Crippen LogP contribution in [0.1, 0.15) is 16.7 Å². The largest absolute Gasteiger partial charge is 0.489 e. The quantitative estimate of drug-likeness (QED) is 0.447. The maximum Gasteiger partial charge on any atom is 0.123 e. The summed E-state index contributed by atoms with van der Waals surface area (Å²) < 4.78 is 7.99. The first-order chi connectivity index (χ1) is 13.3. The maximum absolute atomic E-state index is 6.05. The fourth-order valence-electron chi connectivity index (χ4n) is 2.94. The van der Waals surface area contributed by atoms with Crippen molar-refractivity contribution in [1.29, 1.82) is 0 Å². The van der Waals surface area contributed by atoms with Gasteiger partial charge < -0.3 is 4.74 Å². The van der Waals surface area contributed by atoms with Crippen LogP contribution in [-0.2, 0) is 13.2 Å². The average Bonchev–Trinajstić information content (AvgIpc) is 3.17. The normalized spacial score (nSPS) is 10.3. The van der Waals surface area contributed by atoms with E-state index in [4.69, 9.17) is 4.74 Å². The molecule has 0 spiro atoms. The van der Waals surface area contributed by atoms with Crippen LogP contribution in [0.3, 0.4) is 0 Å². The monoisotopic (exact) mass is 391 g/mol. The molecule has 2 heterocycles. The standard InChI is InChI=1S/C23H21N3O.ClH/c1-18-7-8-21(13-23(18)27-17-20-5-3-2-4-6-20)22-14-25-26(16-22)15-19-9-11-24-12-10-19;/h2-14,16H,15,17H2,1H3;1H. The van der Waals surface area contributed by atoms with Crippen LogP contribution in [0.4, 0.5) is 0 Å². The van der Waals surface area contributed by atoms with Crippen molar-refractivity contribution in [2.24, 2.45) is 0 Å². The van der Waals surface area contributed by atoms with Gasteiger partial charge >= 0.3 is 0 Å². The number of benzene rings is 2. The number of nitrogens with zero attached hydrogens (tertiary/aromatic N) is 3. The third kappa shape index (κ3) is 4.78. The van der Waals surface area contributed by atoms with Crippen molar-refractivity contribution in [3.63, 3.8) is 0 Å². The van der Waals surface area contributed by atoms with E-state index in [9.17, 15) is 0 Å². The molecule has 4 aromatic rings. The minimum Gasteiger partial charge on any atom is -0.489 e. The zero-order valence-corrected chi connectivity index (χ0v) is 16.5. The molecule has 4 nitrogen and oxygen atoms in total. The van der Waals surface area contributed by atoms with Crippen molar-refractivity contribution in [2.45, 2.75) is 20.1 Å². The highest BCUT2D eigenvalue weighted by Crippen LogP contribution is 2.27. The first-order valence-electron chi connectivity index (χ1n) is 8.97. The van der Waals surface area contributed by atoms with E-state index in [1.807, 2.05) is 41.2 Å². The van der Waals surface area contributed by atoms with Gasteiger partial charge in [0.2, 0.25) is 0 Å². The molecule has 0 aliphatic carbocycles. The zero-order valence-electron chi connectivity index (χ0n) is 15.7. The van der Waals surface area contributed by atoms with Gasteiger partial charge in [0.25, 0.3) is 0 Å².